The Morgan fingerprint density at radius 2 is 2.03 bits per heavy atom. The smallest absolute Gasteiger partial charge is 0.257 e. The van der Waals surface area contributed by atoms with Crippen molar-refractivity contribution in [1.29, 1.82) is 0 Å². The highest BCUT2D eigenvalue weighted by atomic mass is 32.1. The Hall–Kier alpha value is -2.06. The number of hydrogen-bond acceptors (Lipinski definition) is 7. The van der Waals surface area contributed by atoms with Gasteiger partial charge in [-0.2, -0.15) is 0 Å². The summed E-state index contributed by atoms with van der Waals surface area (Å²) >= 11 is 1.34. The van der Waals surface area contributed by atoms with Gasteiger partial charge in [-0.3, -0.25) is 9.59 Å². The summed E-state index contributed by atoms with van der Waals surface area (Å²) in [6, 6.07) is 3.57. The van der Waals surface area contributed by atoms with Gasteiger partial charge >= 0.3 is 0 Å². The number of rotatable bonds is 9. The molecule has 3 heterocycles. The van der Waals surface area contributed by atoms with E-state index in [0.29, 0.717) is 42.0 Å². The Balaban J connectivity index is 1.34. The van der Waals surface area contributed by atoms with Gasteiger partial charge in [-0.25, -0.2) is 0 Å². The SMILES string of the molecule is CC(=O)c1ccc(-c2nnc(CCC(=O)N(CC3CCC3)CC3CCCO3)o2)s1. The van der Waals surface area contributed by atoms with Crippen LogP contribution in [0.5, 0.6) is 0 Å². The van der Waals surface area contributed by atoms with Crippen molar-refractivity contribution >= 4 is 23.0 Å². The highest BCUT2D eigenvalue weighted by Crippen LogP contribution is 2.29. The molecule has 156 valence electrons. The Labute approximate surface area is 174 Å². The maximum absolute atomic E-state index is 12.9. The highest BCUT2D eigenvalue weighted by molar-refractivity contribution is 7.17. The second-order valence-corrected chi connectivity index (χ2v) is 9.04. The van der Waals surface area contributed by atoms with Crippen molar-refractivity contribution in [3.8, 4) is 10.8 Å². The number of ketones is 1. The Morgan fingerprint density at radius 3 is 2.69 bits per heavy atom. The van der Waals surface area contributed by atoms with Gasteiger partial charge < -0.3 is 14.1 Å². The molecular weight excluding hydrogens is 390 g/mol. The molecule has 2 aliphatic rings. The van der Waals surface area contributed by atoms with Crippen molar-refractivity contribution in [1.82, 2.24) is 15.1 Å². The number of hydrogen-bond donors (Lipinski definition) is 0. The summed E-state index contributed by atoms with van der Waals surface area (Å²) in [6.07, 6.45) is 6.75. The van der Waals surface area contributed by atoms with Crippen LogP contribution in [0, 0.1) is 5.92 Å². The van der Waals surface area contributed by atoms with Crippen molar-refractivity contribution in [2.45, 2.75) is 58.0 Å². The lowest BCUT2D eigenvalue weighted by Gasteiger charge is -2.33. The lowest BCUT2D eigenvalue weighted by molar-refractivity contribution is -0.134. The minimum atomic E-state index is 0.0179. The van der Waals surface area contributed by atoms with Gasteiger partial charge in [0.25, 0.3) is 5.89 Å². The summed E-state index contributed by atoms with van der Waals surface area (Å²) in [4.78, 5) is 27.7. The fourth-order valence-corrected chi connectivity index (χ4v) is 4.59. The van der Waals surface area contributed by atoms with E-state index in [1.54, 1.807) is 6.07 Å². The number of amides is 1. The average Bonchev–Trinajstić information content (AvgIpc) is 3.42. The van der Waals surface area contributed by atoms with E-state index < -0.39 is 0 Å². The minimum absolute atomic E-state index is 0.0179. The van der Waals surface area contributed by atoms with E-state index in [1.165, 1.54) is 37.5 Å². The summed E-state index contributed by atoms with van der Waals surface area (Å²) < 4.78 is 11.5. The summed E-state index contributed by atoms with van der Waals surface area (Å²) in [7, 11) is 0. The molecule has 29 heavy (non-hydrogen) atoms. The van der Waals surface area contributed by atoms with Crippen molar-refractivity contribution in [3.05, 3.63) is 22.9 Å². The molecule has 1 aliphatic heterocycles. The molecule has 0 spiro atoms. The van der Waals surface area contributed by atoms with Crippen LogP contribution in [-0.2, 0) is 16.0 Å². The molecule has 0 aromatic carbocycles. The number of carbonyl (C=O) groups excluding carboxylic acids is 2. The maximum Gasteiger partial charge on any atom is 0.257 e. The van der Waals surface area contributed by atoms with E-state index in [1.807, 2.05) is 11.0 Å². The summed E-state index contributed by atoms with van der Waals surface area (Å²) in [5.74, 6) is 1.62. The van der Waals surface area contributed by atoms with Gasteiger partial charge in [-0.15, -0.1) is 21.5 Å². The Bertz CT molecular complexity index is 852. The van der Waals surface area contributed by atoms with E-state index in [0.717, 1.165) is 30.9 Å². The van der Waals surface area contributed by atoms with Crippen LogP contribution in [0.3, 0.4) is 0 Å². The third kappa shape index (κ3) is 5.11. The van der Waals surface area contributed by atoms with Crippen LogP contribution in [-0.4, -0.2) is 52.6 Å². The molecule has 2 aromatic rings. The first-order valence-electron chi connectivity index (χ1n) is 10.4. The molecule has 2 aromatic heterocycles. The summed E-state index contributed by atoms with van der Waals surface area (Å²) in [5.41, 5.74) is 0. The third-order valence-electron chi connectivity index (χ3n) is 5.69. The van der Waals surface area contributed by atoms with Gasteiger partial charge in [0.05, 0.1) is 15.9 Å². The second kappa shape index (κ2) is 9.17. The molecule has 1 atom stereocenters. The zero-order valence-corrected chi connectivity index (χ0v) is 17.6. The normalized spacial score (nSPS) is 19.3. The number of thiophene rings is 1. The number of aromatic nitrogens is 2. The lowest BCUT2D eigenvalue weighted by atomic mass is 9.85. The number of Topliss-reactive ketones (excluding diaryl/α,β-unsaturated/α-hetero) is 1. The third-order valence-corrected chi connectivity index (χ3v) is 6.86. The van der Waals surface area contributed by atoms with Crippen LogP contribution in [0.2, 0.25) is 0 Å². The van der Waals surface area contributed by atoms with Gasteiger partial charge in [0.1, 0.15) is 0 Å². The van der Waals surface area contributed by atoms with E-state index in [4.69, 9.17) is 9.15 Å². The zero-order valence-electron chi connectivity index (χ0n) is 16.8. The predicted molar refractivity (Wildman–Crippen MR) is 109 cm³/mol. The number of ether oxygens (including phenoxy) is 1. The van der Waals surface area contributed by atoms with E-state index in [2.05, 4.69) is 10.2 Å². The molecule has 0 radical (unpaired) electrons. The predicted octanol–water partition coefficient (Wildman–Crippen LogP) is 3.74. The quantitative estimate of drug-likeness (QED) is 0.578. The van der Waals surface area contributed by atoms with Crippen LogP contribution < -0.4 is 0 Å². The average molecular weight is 418 g/mol. The van der Waals surface area contributed by atoms with Gasteiger partial charge in [0.15, 0.2) is 5.78 Å². The topological polar surface area (TPSA) is 85.5 Å². The molecule has 7 nitrogen and oxygen atoms in total. The van der Waals surface area contributed by atoms with Gasteiger partial charge in [0.2, 0.25) is 11.8 Å². The Morgan fingerprint density at radius 1 is 1.17 bits per heavy atom. The maximum atomic E-state index is 12.9. The zero-order chi connectivity index (χ0) is 20.2. The van der Waals surface area contributed by atoms with Crippen molar-refractivity contribution in [2.75, 3.05) is 19.7 Å². The van der Waals surface area contributed by atoms with Crippen LogP contribution >= 0.6 is 11.3 Å². The molecule has 1 unspecified atom stereocenters. The van der Waals surface area contributed by atoms with Gasteiger partial charge in [-0.05, 0) is 50.7 Å². The van der Waals surface area contributed by atoms with E-state index in [-0.39, 0.29) is 17.8 Å². The second-order valence-electron chi connectivity index (χ2n) is 7.95. The van der Waals surface area contributed by atoms with Crippen molar-refractivity contribution in [3.63, 3.8) is 0 Å². The first kappa shape index (κ1) is 20.2. The molecule has 8 heteroatoms. The molecule has 1 amide bonds. The number of aryl methyl sites for hydroxylation is 1. The number of nitrogens with zero attached hydrogens (tertiary/aromatic N) is 3. The standard InChI is InChI=1S/C21H27N3O4S/c1-14(25)17-7-8-18(29-17)21-23-22-19(28-21)9-10-20(26)24(12-15-4-2-5-15)13-16-6-3-11-27-16/h7-8,15-16H,2-6,9-13H2,1H3. The Kier molecular flexibility index (Phi) is 6.40. The molecule has 2 fully saturated rings. The largest absolute Gasteiger partial charge is 0.420 e. The summed E-state index contributed by atoms with van der Waals surface area (Å²) in [5, 5.41) is 8.15. The minimum Gasteiger partial charge on any atom is -0.420 e. The highest BCUT2D eigenvalue weighted by Gasteiger charge is 2.27. The summed E-state index contributed by atoms with van der Waals surface area (Å²) in [6.45, 7) is 3.85. The van der Waals surface area contributed by atoms with Crippen LogP contribution in [0.4, 0.5) is 0 Å². The molecule has 0 bridgehead atoms. The molecule has 4 rings (SSSR count). The first-order valence-corrected chi connectivity index (χ1v) is 11.2. The molecule has 1 saturated heterocycles. The molecule has 0 N–H and O–H groups in total. The van der Waals surface area contributed by atoms with Crippen LogP contribution in [0.15, 0.2) is 16.5 Å². The van der Waals surface area contributed by atoms with Crippen LogP contribution in [0.25, 0.3) is 10.8 Å². The van der Waals surface area contributed by atoms with E-state index >= 15 is 0 Å². The monoisotopic (exact) mass is 417 g/mol. The first-order chi connectivity index (χ1) is 14.1. The molecule has 1 aliphatic carbocycles. The van der Waals surface area contributed by atoms with Gasteiger partial charge in [-0.1, -0.05) is 6.42 Å². The van der Waals surface area contributed by atoms with Crippen molar-refractivity contribution in [2.24, 2.45) is 5.92 Å². The molecule has 1 saturated carbocycles. The number of carbonyl (C=O) groups is 2. The van der Waals surface area contributed by atoms with Crippen molar-refractivity contribution < 1.29 is 18.7 Å². The van der Waals surface area contributed by atoms with Crippen LogP contribution in [0.1, 0.15) is 61.0 Å². The fourth-order valence-electron chi connectivity index (χ4n) is 3.77. The fraction of sp³-hybridized carbons (Fsp3) is 0.619. The van der Waals surface area contributed by atoms with Gasteiger partial charge in [0, 0.05) is 32.5 Å². The van der Waals surface area contributed by atoms with E-state index in [9.17, 15) is 9.59 Å². The lowest BCUT2D eigenvalue weighted by Crippen LogP contribution is -2.41. The molecular formula is C21H27N3O4S.